The molecule has 1 saturated heterocycles. The van der Waals surface area contributed by atoms with Gasteiger partial charge in [-0.1, -0.05) is 12.1 Å². The molecule has 0 radical (unpaired) electrons. The molecule has 5 nitrogen and oxygen atoms in total. The summed E-state index contributed by atoms with van der Waals surface area (Å²) in [5, 5.41) is 3.46. The second-order valence-corrected chi connectivity index (χ2v) is 7.91. The van der Waals surface area contributed by atoms with Crippen molar-refractivity contribution in [3.8, 4) is 11.5 Å². The second kappa shape index (κ2) is 8.86. The van der Waals surface area contributed by atoms with Crippen molar-refractivity contribution in [2.75, 3.05) is 18.0 Å². The number of hydrogen-bond acceptors (Lipinski definition) is 4. The average Bonchev–Trinajstić information content (AvgIpc) is 2.78. The number of fused-ring (bicyclic) bond motifs is 1. The zero-order valence-corrected chi connectivity index (χ0v) is 17.7. The molecule has 7 heteroatoms. The zero-order chi connectivity index (χ0) is 22.8. The van der Waals surface area contributed by atoms with Gasteiger partial charge in [0, 0.05) is 42.5 Å². The van der Waals surface area contributed by atoms with E-state index in [9.17, 15) is 13.6 Å². The number of ether oxygens (including phenoxy) is 1. The molecule has 1 fully saturated rings. The summed E-state index contributed by atoms with van der Waals surface area (Å²) >= 11 is 0. The van der Waals surface area contributed by atoms with E-state index < -0.39 is 11.7 Å². The third-order valence-electron chi connectivity index (χ3n) is 5.66. The number of nitrogens with one attached hydrogen (secondary N) is 1. The maximum absolute atomic E-state index is 14.5. The first-order chi connectivity index (χ1) is 16.1. The van der Waals surface area contributed by atoms with Crippen LogP contribution in [0, 0.1) is 11.6 Å². The topological polar surface area (TPSA) is 54.5 Å². The minimum absolute atomic E-state index is 0.0623. The Morgan fingerprint density at radius 3 is 2.67 bits per heavy atom. The first-order valence-electron chi connectivity index (χ1n) is 10.7. The highest BCUT2D eigenvalue weighted by Crippen LogP contribution is 2.33. The molecule has 1 amide bonds. The number of pyridine rings is 1. The summed E-state index contributed by atoms with van der Waals surface area (Å²) in [5.74, 6) is -0.985. The van der Waals surface area contributed by atoms with Gasteiger partial charge in [0.15, 0.2) is 11.6 Å². The van der Waals surface area contributed by atoms with Crippen LogP contribution in [0.25, 0.3) is 10.9 Å². The van der Waals surface area contributed by atoms with Gasteiger partial charge in [0.1, 0.15) is 11.6 Å². The fourth-order valence-corrected chi connectivity index (χ4v) is 3.74. The molecular formula is C26H21F2N3O2. The highest BCUT2D eigenvalue weighted by Gasteiger charge is 2.17. The second-order valence-electron chi connectivity index (χ2n) is 7.91. The molecule has 0 atom stereocenters. The van der Waals surface area contributed by atoms with Crippen LogP contribution in [-0.4, -0.2) is 24.0 Å². The van der Waals surface area contributed by atoms with Gasteiger partial charge in [0.05, 0.1) is 5.52 Å². The number of hydrogen-bond donors (Lipinski definition) is 1. The zero-order valence-electron chi connectivity index (χ0n) is 17.7. The Hall–Kier alpha value is -4.00. The van der Waals surface area contributed by atoms with Gasteiger partial charge in [-0.2, -0.15) is 0 Å². The van der Waals surface area contributed by atoms with E-state index in [0.717, 1.165) is 29.7 Å². The van der Waals surface area contributed by atoms with Crippen molar-refractivity contribution < 1.29 is 18.3 Å². The lowest BCUT2D eigenvalue weighted by molar-refractivity contribution is 0.0950. The van der Waals surface area contributed by atoms with Gasteiger partial charge < -0.3 is 15.0 Å². The number of halogens is 2. The first kappa shape index (κ1) is 20.9. The Bertz CT molecular complexity index is 1340. The maximum Gasteiger partial charge on any atom is 0.251 e. The molecule has 5 rings (SSSR count). The molecule has 0 bridgehead atoms. The Morgan fingerprint density at radius 2 is 1.88 bits per heavy atom. The van der Waals surface area contributed by atoms with Crippen LogP contribution in [0.5, 0.6) is 11.5 Å². The fourth-order valence-electron chi connectivity index (χ4n) is 3.74. The van der Waals surface area contributed by atoms with E-state index in [1.165, 1.54) is 36.8 Å². The molecule has 0 unspecified atom stereocenters. The number of nitrogens with zero attached hydrogens (tertiary/aromatic N) is 2. The molecule has 0 saturated carbocycles. The van der Waals surface area contributed by atoms with Crippen LogP contribution in [-0.2, 0) is 6.54 Å². The van der Waals surface area contributed by atoms with E-state index in [1.54, 1.807) is 24.4 Å². The summed E-state index contributed by atoms with van der Waals surface area (Å²) < 4.78 is 33.7. The Kier molecular flexibility index (Phi) is 5.60. The van der Waals surface area contributed by atoms with Gasteiger partial charge in [-0.15, -0.1) is 0 Å². The quantitative estimate of drug-likeness (QED) is 0.429. The highest BCUT2D eigenvalue weighted by molar-refractivity contribution is 5.94. The van der Waals surface area contributed by atoms with Crippen LogP contribution in [0.2, 0.25) is 0 Å². The van der Waals surface area contributed by atoms with Crippen LogP contribution < -0.4 is 15.0 Å². The Morgan fingerprint density at radius 1 is 1.00 bits per heavy atom. The summed E-state index contributed by atoms with van der Waals surface area (Å²) in [6.45, 7) is 2.21. The summed E-state index contributed by atoms with van der Waals surface area (Å²) in [6.07, 6.45) is 2.80. The monoisotopic (exact) mass is 445 g/mol. The van der Waals surface area contributed by atoms with Gasteiger partial charge in [-0.3, -0.25) is 9.78 Å². The van der Waals surface area contributed by atoms with Crippen molar-refractivity contribution in [2.24, 2.45) is 0 Å². The van der Waals surface area contributed by atoms with E-state index in [2.05, 4.69) is 15.2 Å². The van der Waals surface area contributed by atoms with Crippen LogP contribution in [0.3, 0.4) is 0 Å². The lowest BCUT2D eigenvalue weighted by Crippen LogP contribution is -2.36. The molecule has 33 heavy (non-hydrogen) atoms. The molecule has 0 spiro atoms. The van der Waals surface area contributed by atoms with E-state index in [-0.39, 0.29) is 23.7 Å². The SMILES string of the molecule is O=C(NCc1cccc(F)c1)c1ccc(F)c(Oc2ccnc3cc(N4CCC4)ccc23)c1. The molecule has 1 aliphatic heterocycles. The maximum atomic E-state index is 14.5. The summed E-state index contributed by atoms with van der Waals surface area (Å²) in [6, 6.07) is 17.5. The lowest BCUT2D eigenvalue weighted by Gasteiger charge is -2.33. The van der Waals surface area contributed by atoms with Gasteiger partial charge in [0.25, 0.3) is 5.91 Å². The Labute approximate surface area is 189 Å². The molecule has 0 aliphatic carbocycles. The average molecular weight is 445 g/mol. The minimum atomic E-state index is -0.584. The Balaban J connectivity index is 1.36. The predicted octanol–water partition coefficient (Wildman–Crippen LogP) is 5.45. The van der Waals surface area contributed by atoms with E-state index in [1.807, 2.05) is 18.2 Å². The largest absolute Gasteiger partial charge is 0.453 e. The summed E-state index contributed by atoms with van der Waals surface area (Å²) in [4.78, 5) is 19.3. The van der Waals surface area contributed by atoms with Crippen LogP contribution in [0.1, 0.15) is 22.3 Å². The molecule has 3 aromatic carbocycles. The van der Waals surface area contributed by atoms with Gasteiger partial charge in [0.2, 0.25) is 0 Å². The van der Waals surface area contributed by atoms with Crippen molar-refractivity contribution in [3.05, 3.63) is 95.7 Å². The number of carbonyl (C=O) groups excluding carboxylic acids is 1. The van der Waals surface area contributed by atoms with Gasteiger partial charge in [-0.05, 0) is 66.6 Å². The van der Waals surface area contributed by atoms with Crippen molar-refractivity contribution >= 4 is 22.5 Å². The van der Waals surface area contributed by atoms with Crippen molar-refractivity contribution in [2.45, 2.75) is 13.0 Å². The van der Waals surface area contributed by atoms with E-state index >= 15 is 0 Å². The number of amides is 1. The van der Waals surface area contributed by atoms with Gasteiger partial charge in [-0.25, -0.2) is 8.78 Å². The number of anilines is 1. The number of carbonyl (C=O) groups is 1. The van der Waals surface area contributed by atoms with Crippen molar-refractivity contribution in [3.63, 3.8) is 0 Å². The third kappa shape index (κ3) is 4.48. The smallest absolute Gasteiger partial charge is 0.251 e. The molecule has 1 aromatic heterocycles. The third-order valence-corrected chi connectivity index (χ3v) is 5.66. The molecule has 2 heterocycles. The number of rotatable bonds is 6. The number of aromatic nitrogens is 1. The highest BCUT2D eigenvalue weighted by atomic mass is 19.1. The predicted molar refractivity (Wildman–Crippen MR) is 123 cm³/mol. The van der Waals surface area contributed by atoms with Gasteiger partial charge >= 0.3 is 0 Å². The molecule has 1 aliphatic rings. The molecule has 166 valence electrons. The fraction of sp³-hybridized carbons (Fsp3) is 0.154. The first-order valence-corrected chi connectivity index (χ1v) is 10.7. The minimum Gasteiger partial charge on any atom is -0.453 e. The van der Waals surface area contributed by atoms with Crippen LogP contribution in [0.4, 0.5) is 14.5 Å². The van der Waals surface area contributed by atoms with Crippen molar-refractivity contribution in [1.29, 1.82) is 0 Å². The molecule has 1 N–H and O–H groups in total. The van der Waals surface area contributed by atoms with E-state index in [4.69, 9.17) is 4.74 Å². The van der Waals surface area contributed by atoms with Crippen molar-refractivity contribution in [1.82, 2.24) is 10.3 Å². The molecular weight excluding hydrogens is 424 g/mol. The van der Waals surface area contributed by atoms with Crippen LogP contribution in [0.15, 0.2) is 72.9 Å². The van der Waals surface area contributed by atoms with Crippen LogP contribution >= 0.6 is 0 Å². The standard InChI is InChI=1S/C26H21F2N3O2/c27-19-4-1-3-17(13-19)16-30-26(32)18-5-8-22(28)25(14-18)33-24-9-10-29-23-15-20(6-7-21(23)24)31-11-2-12-31/h1,3-10,13-15H,2,11-12,16H2,(H,30,32). The molecule has 4 aromatic rings. The summed E-state index contributed by atoms with van der Waals surface area (Å²) in [5.41, 5.74) is 2.71. The lowest BCUT2D eigenvalue weighted by atomic mass is 10.1. The summed E-state index contributed by atoms with van der Waals surface area (Å²) in [7, 11) is 0. The normalized spacial score (nSPS) is 13.0. The number of benzene rings is 3. The van der Waals surface area contributed by atoms with E-state index in [0.29, 0.717) is 11.3 Å².